The van der Waals surface area contributed by atoms with Crippen LogP contribution in [-0.2, 0) is 22.6 Å². The molecule has 0 bridgehead atoms. The Morgan fingerprint density at radius 3 is 2.59 bits per heavy atom. The van der Waals surface area contributed by atoms with E-state index in [0.717, 1.165) is 23.0 Å². The quantitative estimate of drug-likeness (QED) is 0.220. The van der Waals surface area contributed by atoms with Crippen LogP contribution < -0.4 is 4.74 Å². The van der Waals surface area contributed by atoms with Crippen molar-refractivity contribution in [1.82, 2.24) is 4.57 Å². The van der Waals surface area contributed by atoms with Crippen LogP contribution in [0.1, 0.15) is 23.6 Å². The number of carbonyl (C=O) groups is 2. The number of ketones is 1. The molecular weight excluding hydrogens is 405 g/mol. The summed E-state index contributed by atoms with van der Waals surface area (Å²) in [5.41, 5.74) is 3.74. The molecule has 0 spiro atoms. The lowest BCUT2D eigenvalue weighted by molar-refractivity contribution is -0.132. The molecule has 5 heteroatoms. The second-order valence-electron chi connectivity index (χ2n) is 7.54. The Kier molecular flexibility index (Phi) is 6.26. The number of esters is 1. The number of benzene rings is 3. The first-order valence-electron chi connectivity index (χ1n) is 10.3. The fourth-order valence-corrected chi connectivity index (χ4v) is 3.69. The predicted molar refractivity (Wildman–Crippen MR) is 123 cm³/mol. The van der Waals surface area contributed by atoms with Crippen LogP contribution >= 0.6 is 0 Å². The molecule has 0 saturated heterocycles. The molecule has 0 aliphatic rings. The number of hydrogen-bond acceptors (Lipinski definition) is 3. The van der Waals surface area contributed by atoms with Gasteiger partial charge in [0, 0.05) is 26.1 Å². The van der Waals surface area contributed by atoms with Crippen LogP contribution in [0.2, 0.25) is 0 Å². The molecule has 3 aromatic carbocycles. The van der Waals surface area contributed by atoms with Crippen LogP contribution in [0, 0.1) is 5.82 Å². The first-order valence-corrected chi connectivity index (χ1v) is 10.3. The minimum absolute atomic E-state index is 0.0803. The second-order valence-corrected chi connectivity index (χ2v) is 7.54. The van der Waals surface area contributed by atoms with E-state index in [1.807, 2.05) is 42.6 Å². The Morgan fingerprint density at radius 2 is 1.81 bits per heavy atom. The minimum atomic E-state index is -0.630. The van der Waals surface area contributed by atoms with Gasteiger partial charge in [-0.1, -0.05) is 60.7 Å². The third-order valence-electron chi connectivity index (χ3n) is 5.10. The van der Waals surface area contributed by atoms with Crippen molar-refractivity contribution in [3.8, 4) is 5.75 Å². The summed E-state index contributed by atoms with van der Waals surface area (Å²) in [6, 6.07) is 22.3. The number of aromatic nitrogens is 1. The van der Waals surface area contributed by atoms with Gasteiger partial charge in [0.2, 0.25) is 0 Å². The van der Waals surface area contributed by atoms with E-state index in [2.05, 4.69) is 22.8 Å². The van der Waals surface area contributed by atoms with Crippen LogP contribution in [0.5, 0.6) is 5.75 Å². The molecule has 32 heavy (non-hydrogen) atoms. The maximum Gasteiger partial charge on any atom is 0.308 e. The Bertz CT molecular complexity index is 1310. The normalized spacial score (nSPS) is 11.2. The number of halogens is 1. The summed E-state index contributed by atoms with van der Waals surface area (Å²) in [5, 5.41) is 1.08. The topological polar surface area (TPSA) is 48.3 Å². The van der Waals surface area contributed by atoms with Crippen molar-refractivity contribution < 1.29 is 18.7 Å². The van der Waals surface area contributed by atoms with E-state index in [1.54, 1.807) is 6.08 Å². The summed E-state index contributed by atoms with van der Waals surface area (Å²) >= 11 is 0. The summed E-state index contributed by atoms with van der Waals surface area (Å²) in [4.78, 5) is 23.8. The van der Waals surface area contributed by atoms with Crippen molar-refractivity contribution in [3.05, 3.63) is 108 Å². The van der Waals surface area contributed by atoms with Crippen LogP contribution in [0.25, 0.3) is 17.0 Å². The summed E-state index contributed by atoms with van der Waals surface area (Å²) in [6.45, 7) is 1.93. The molecule has 0 aliphatic carbocycles. The Hall–Kier alpha value is -3.99. The van der Waals surface area contributed by atoms with Crippen LogP contribution in [0.4, 0.5) is 4.39 Å². The fourth-order valence-electron chi connectivity index (χ4n) is 3.69. The molecule has 1 heterocycles. The number of nitrogens with zero attached hydrogens (tertiary/aromatic N) is 1. The molecule has 0 fully saturated rings. The number of allylic oxidation sites excluding steroid dienone is 1. The van der Waals surface area contributed by atoms with Gasteiger partial charge in [-0.2, -0.15) is 0 Å². The maximum atomic E-state index is 13.8. The van der Waals surface area contributed by atoms with Gasteiger partial charge in [-0.25, -0.2) is 4.39 Å². The van der Waals surface area contributed by atoms with Crippen molar-refractivity contribution in [2.24, 2.45) is 0 Å². The van der Waals surface area contributed by atoms with Crippen LogP contribution in [0.3, 0.4) is 0 Å². The largest absolute Gasteiger partial charge is 0.424 e. The van der Waals surface area contributed by atoms with Gasteiger partial charge < -0.3 is 9.30 Å². The van der Waals surface area contributed by atoms with Gasteiger partial charge in [0.1, 0.15) is 0 Å². The number of rotatable bonds is 7. The van der Waals surface area contributed by atoms with Gasteiger partial charge in [0.05, 0.1) is 5.52 Å². The van der Waals surface area contributed by atoms with Gasteiger partial charge in [-0.05, 0) is 46.4 Å². The van der Waals surface area contributed by atoms with E-state index in [4.69, 9.17) is 4.74 Å². The van der Waals surface area contributed by atoms with E-state index < -0.39 is 11.8 Å². The molecule has 1 aromatic heterocycles. The zero-order valence-electron chi connectivity index (χ0n) is 17.6. The zero-order valence-corrected chi connectivity index (χ0v) is 17.6. The molecule has 0 aliphatic heterocycles. The molecule has 160 valence electrons. The molecule has 4 nitrogen and oxygen atoms in total. The molecule has 0 N–H and O–H groups in total. The molecule has 0 atom stereocenters. The van der Waals surface area contributed by atoms with Gasteiger partial charge in [0.15, 0.2) is 17.3 Å². The van der Waals surface area contributed by atoms with Gasteiger partial charge in [-0.15, -0.1) is 0 Å². The van der Waals surface area contributed by atoms with Gasteiger partial charge in [-0.3, -0.25) is 9.59 Å². The Labute approximate surface area is 185 Å². The smallest absolute Gasteiger partial charge is 0.308 e. The van der Waals surface area contributed by atoms with Crippen molar-refractivity contribution in [2.45, 2.75) is 19.9 Å². The lowest BCUT2D eigenvalue weighted by Crippen LogP contribution is -2.04. The number of hydrogen-bond donors (Lipinski definition) is 0. The van der Waals surface area contributed by atoms with E-state index >= 15 is 0 Å². The number of carbonyl (C=O) groups excluding carboxylic acids is 2. The lowest BCUT2D eigenvalue weighted by atomic mass is 10.0. The second kappa shape index (κ2) is 9.43. The van der Waals surface area contributed by atoms with Crippen molar-refractivity contribution >= 4 is 28.7 Å². The highest BCUT2D eigenvalue weighted by molar-refractivity contribution is 5.97. The number of ether oxygens (including phenoxy) is 1. The molecule has 0 saturated carbocycles. The molecule has 4 aromatic rings. The molecule has 0 unspecified atom stereocenters. The third-order valence-corrected chi connectivity index (χ3v) is 5.10. The minimum Gasteiger partial charge on any atom is -0.424 e. The van der Waals surface area contributed by atoms with Crippen molar-refractivity contribution in [3.63, 3.8) is 0 Å². The SMILES string of the molecule is CC(=O)Oc1cc(/C=C/C(=O)Cc2cccc3ccn(Cc4ccccc4)c23)ccc1F. The highest BCUT2D eigenvalue weighted by Crippen LogP contribution is 2.23. The summed E-state index contributed by atoms with van der Waals surface area (Å²) in [6.07, 6.45) is 5.34. The van der Waals surface area contributed by atoms with E-state index in [0.29, 0.717) is 5.56 Å². The highest BCUT2D eigenvalue weighted by Gasteiger charge is 2.10. The highest BCUT2D eigenvalue weighted by atomic mass is 19.1. The molecule has 0 radical (unpaired) electrons. The summed E-state index contributed by atoms with van der Waals surface area (Å²) in [7, 11) is 0. The molecule has 4 rings (SSSR count). The third kappa shape index (κ3) is 5.01. The maximum absolute atomic E-state index is 13.8. The summed E-state index contributed by atoms with van der Waals surface area (Å²) < 4.78 is 20.8. The van der Waals surface area contributed by atoms with E-state index in [-0.39, 0.29) is 18.0 Å². The molecular formula is C27H22FNO3. The number of para-hydroxylation sites is 1. The van der Waals surface area contributed by atoms with Gasteiger partial charge >= 0.3 is 5.97 Å². The van der Waals surface area contributed by atoms with Gasteiger partial charge in [0.25, 0.3) is 0 Å². The monoisotopic (exact) mass is 427 g/mol. The summed E-state index contributed by atoms with van der Waals surface area (Å²) in [5.74, 6) is -1.47. The van der Waals surface area contributed by atoms with E-state index in [9.17, 15) is 14.0 Å². The van der Waals surface area contributed by atoms with Crippen LogP contribution in [-0.4, -0.2) is 16.3 Å². The lowest BCUT2D eigenvalue weighted by Gasteiger charge is -2.09. The average molecular weight is 427 g/mol. The Balaban J connectivity index is 1.54. The number of fused-ring (bicyclic) bond motifs is 1. The zero-order chi connectivity index (χ0) is 22.5. The van der Waals surface area contributed by atoms with Crippen molar-refractivity contribution in [2.75, 3.05) is 0 Å². The average Bonchev–Trinajstić information content (AvgIpc) is 3.18. The predicted octanol–water partition coefficient (Wildman–Crippen LogP) is 5.58. The first-order chi connectivity index (χ1) is 15.5. The Morgan fingerprint density at radius 1 is 1.00 bits per heavy atom. The van der Waals surface area contributed by atoms with Crippen LogP contribution in [0.15, 0.2) is 85.1 Å². The fraction of sp³-hybridized carbons (Fsp3) is 0.111. The van der Waals surface area contributed by atoms with Crippen molar-refractivity contribution in [1.29, 1.82) is 0 Å². The standard InChI is InChI=1S/C27H22FNO3/c1-19(30)32-26-16-20(11-13-25(26)28)10-12-24(31)17-23-9-5-8-22-14-15-29(27(22)23)18-21-6-3-2-4-7-21/h2-16H,17-18H2,1H3/b12-10+. The first kappa shape index (κ1) is 21.2. The molecule has 0 amide bonds. The van der Waals surface area contributed by atoms with E-state index in [1.165, 1.54) is 36.8 Å².